The van der Waals surface area contributed by atoms with Crippen molar-refractivity contribution in [1.82, 2.24) is 0 Å². The highest BCUT2D eigenvalue weighted by Crippen LogP contribution is 2.40. The van der Waals surface area contributed by atoms with Crippen molar-refractivity contribution in [2.75, 3.05) is 0 Å². The van der Waals surface area contributed by atoms with Gasteiger partial charge < -0.3 is 10.2 Å². The van der Waals surface area contributed by atoms with E-state index in [9.17, 15) is 20.8 Å². The van der Waals surface area contributed by atoms with Gasteiger partial charge in [-0.25, -0.2) is 15.7 Å². The molecule has 7 heteroatoms. The van der Waals surface area contributed by atoms with E-state index in [1.54, 1.807) is 0 Å². The third-order valence-electron chi connectivity index (χ3n) is 3.65. The second-order valence-electron chi connectivity index (χ2n) is 5.29. The number of benzene rings is 1. The van der Waals surface area contributed by atoms with E-state index in [1.807, 2.05) is 0 Å². The fraction of sp³-hybridized carbons (Fsp3) is 0.500. The number of hydrogen-bond acceptors (Lipinski definition) is 4. The topological polar surface area (TPSA) is 109 Å². The normalized spacial score (nSPS) is 12.3. The quantitative estimate of drug-likeness (QED) is 0.313. The van der Waals surface area contributed by atoms with Crippen LogP contribution in [-0.4, -0.2) is 22.2 Å². The third-order valence-corrected chi connectivity index (χ3v) is 6.18. The van der Waals surface area contributed by atoms with Gasteiger partial charge in [0.25, 0.3) is 0 Å². The number of aromatic carboxylic acids is 2. The SMILES string of the molecule is CCCCCCCC(c1cccc(C(=O)O)c1C(=O)O)I(=O)=O. The summed E-state index contributed by atoms with van der Waals surface area (Å²) in [6.07, 6.45) is 5.07. The van der Waals surface area contributed by atoms with Gasteiger partial charge >= 0.3 is 31.7 Å². The number of unbranched alkanes of at least 4 members (excludes halogenated alkanes) is 4. The average Bonchev–Trinajstić information content (AvgIpc) is 2.49. The zero-order valence-electron chi connectivity index (χ0n) is 13.0. The Balaban J connectivity index is 3.10. The average molecular weight is 436 g/mol. The fourth-order valence-corrected chi connectivity index (χ4v) is 4.53. The number of carboxylic acid groups (broad SMARTS) is 2. The van der Waals surface area contributed by atoms with E-state index in [0.29, 0.717) is 12.8 Å². The molecule has 0 amide bonds. The van der Waals surface area contributed by atoms with Gasteiger partial charge in [0.2, 0.25) is 0 Å². The molecule has 0 bridgehead atoms. The van der Waals surface area contributed by atoms with E-state index in [0.717, 1.165) is 25.7 Å². The highest BCUT2D eigenvalue weighted by atomic mass is 127. The zero-order valence-corrected chi connectivity index (χ0v) is 15.1. The summed E-state index contributed by atoms with van der Waals surface area (Å²) in [7, 11) is 0. The molecule has 0 saturated carbocycles. The minimum atomic E-state index is -3.83. The number of hydrogen-bond donors (Lipinski definition) is 2. The molecule has 0 fully saturated rings. The lowest BCUT2D eigenvalue weighted by molar-refractivity contribution is 0.0650. The molecule has 2 N–H and O–H groups in total. The summed E-state index contributed by atoms with van der Waals surface area (Å²) in [4.78, 5) is 22.6. The second kappa shape index (κ2) is 9.59. The van der Waals surface area contributed by atoms with Crippen molar-refractivity contribution in [1.29, 1.82) is 0 Å². The van der Waals surface area contributed by atoms with E-state index >= 15 is 0 Å². The van der Waals surface area contributed by atoms with Crippen molar-refractivity contribution in [3.05, 3.63) is 34.9 Å². The van der Waals surface area contributed by atoms with Gasteiger partial charge in [0, 0.05) is 0 Å². The molecule has 1 aromatic rings. The van der Waals surface area contributed by atoms with Crippen LogP contribution in [0.3, 0.4) is 0 Å². The van der Waals surface area contributed by atoms with Crippen LogP contribution in [0.15, 0.2) is 18.2 Å². The van der Waals surface area contributed by atoms with Gasteiger partial charge in [0.1, 0.15) is 0 Å². The lowest BCUT2D eigenvalue weighted by atomic mass is 9.96. The molecule has 1 atom stereocenters. The van der Waals surface area contributed by atoms with Crippen molar-refractivity contribution in [2.24, 2.45) is 0 Å². The predicted octanol–water partition coefficient (Wildman–Crippen LogP) is 4.68. The molecule has 0 aliphatic heterocycles. The number of carbonyl (C=O) groups is 2. The van der Waals surface area contributed by atoms with Gasteiger partial charge in [-0.3, -0.25) is 0 Å². The minimum Gasteiger partial charge on any atom is -0.478 e. The van der Waals surface area contributed by atoms with Crippen molar-refractivity contribution in [3.8, 4) is 0 Å². The first-order valence-electron chi connectivity index (χ1n) is 7.53. The molecule has 1 unspecified atom stereocenters. The van der Waals surface area contributed by atoms with Gasteiger partial charge in [-0.2, -0.15) is 0 Å². The van der Waals surface area contributed by atoms with Gasteiger partial charge in [0.05, 0.1) is 15.1 Å². The number of carboxylic acids is 2. The van der Waals surface area contributed by atoms with Crippen molar-refractivity contribution in [3.63, 3.8) is 0 Å². The first kappa shape index (κ1) is 19.5. The summed E-state index contributed by atoms with van der Waals surface area (Å²) in [5.74, 6) is -2.78. The largest absolute Gasteiger partial charge is 0.478 e. The maximum atomic E-state index is 11.7. The molecule has 0 aliphatic rings. The van der Waals surface area contributed by atoms with E-state index in [2.05, 4.69) is 6.92 Å². The highest BCUT2D eigenvalue weighted by Gasteiger charge is 2.27. The Morgan fingerprint density at radius 3 is 2.22 bits per heavy atom. The summed E-state index contributed by atoms with van der Waals surface area (Å²) in [6.45, 7) is 2.08. The smallest absolute Gasteiger partial charge is 0.336 e. The van der Waals surface area contributed by atoms with Crippen LogP contribution in [0, 0.1) is 0 Å². The standard InChI is InChI=1S/C16H21IO6/c1-2-3-4-5-6-10-13(17(22)23)11-8-7-9-12(15(18)19)14(11)16(20)21/h7-9,13H,2-6,10H2,1H3,(H,18,19)(H,20,21). The lowest BCUT2D eigenvalue weighted by Crippen LogP contribution is -2.12. The molecule has 0 spiro atoms. The Hall–Kier alpha value is -1.51. The second-order valence-corrected chi connectivity index (χ2v) is 8.17. The maximum Gasteiger partial charge on any atom is 0.336 e. The van der Waals surface area contributed by atoms with Crippen molar-refractivity contribution < 1.29 is 25.9 Å². The molecular formula is C16H21IO6. The molecule has 0 saturated heterocycles. The maximum absolute atomic E-state index is 11.7. The molecule has 0 radical (unpaired) electrons. The summed E-state index contributed by atoms with van der Waals surface area (Å²) in [6, 6.07) is 3.99. The molecule has 6 nitrogen and oxygen atoms in total. The molecule has 23 heavy (non-hydrogen) atoms. The zero-order chi connectivity index (χ0) is 17.4. The summed E-state index contributed by atoms with van der Waals surface area (Å²) >= 11 is -3.83. The lowest BCUT2D eigenvalue weighted by Gasteiger charge is -2.14. The highest BCUT2D eigenvalue weighted by molar-refractivity contribution is 14.2. The Labute approximate surface area is 142 Å². The molecular weight excluding hydrogens is 415 g/mol. The summed E-state index contributed by atoms with van der Waals surface area (Å²) < 4.78 is 22.4. The Kier molecular flexibility index (Phi) is 8.15. The number of alkyl halides is 1. The molecule has 1 rings (SSSR count). The monoisotopic (exact) mass is 436 g/mol. The van der Waals surface area contributed by atoms with Crippen LogP contribution in [0.2, 0.25) is 0 Å². The van der Waals surface area contributed by atoms with Crippen LogP contribution in [0.5, 0.6) is 0 Å². The van der Waals surface area contributed by atoms with Crippen LogP contribution in [0.1, 0.15) is 75.7 Å². The first-order chi connectivity index (χ1) is 10.9. The molecule has 1 aromatic carbocycles. The molecule has 128 valence electrons. The van der Waals surface area contributed by atoms with Crippen LogP contribution in [0.25, 0.3) is 0 Å². The Bertz CT molecular complexity index is 627. The van der Waals surface area contributed by atoms with Crippen LogP contribution in [-0.2, 0) is 6.14 Å². The van der Waals surface area contributed by atoms with Crippen molar-refractivity contribution in [2.45, 2.75) is 49.4 Å². The van der Waals surface area contributed by atoms with E-state index in [4.69, 9.17) is 5.11 Å². The molecule has 0 aromatic heterocycles. The van der Waals surface area contributed by atoms with Crippen LogP contribution < -0.4 is 0 Å². The Morgan fingerprint density at radius 2 is 1.70 bits per heavy atom. The number of rotatable bonds is 10. The van der Waals surface area contributed by atoms with Gasteiger partial charge in [-0.15, -0.1) is 0 Å². The van der Waals surface area contributed by atoms with Crippen LogP contribution >= 0.6 is 19.8 Å². The van der Waals surface area contributed by atoms with E-state index in [-0.39, 0.29) is 11.1 Å². The molecule has 0 heterocycles. The molecule has 0 aliphatic carbocycles. The van der Waals surface area contributed by atoms with Gasteiger partial charge in [-0.1, -0.05) is 51.2 Å². The third kappa shape index (κ3) is 5.56. The van der Waals surface area contributed by atoms with Crippen LogP contribution in [0.4, 0.5) is 0 Å². The minimum absolute atomic E-state index is 0.100. The van der Waals surface area contributed by atoms with E-state index in [1.165, 1.54) is 18.2 Å². The first-order valence-corrected chi connectivity index (χ1v) is 10.5. The predicted molar refractivity (Wildman–Crippen MR) is 91.9 cm³/mol. The number of halogens is 1. The van der Waals surface area contributed by atoms with Gasteiger partial charge in [0.15, 0.2) is 0 Å². The summed E-state index contributed by atoms with van der Waals surface area (Å²) in [5.41, 5.74) is -0.681. The van der Waals surface area contributed by atoms with E-state index < -0.39 is 41.2 Å². The van der Waals surface area contributed by atoms with Crippen molar-refractivity contribution >= 4 is 31.7 Å². The fourth-order valence-electron chi connectivity index (χ4n) is 2.52. The Morgan fingerprint density at radius 1 is 1.04 bits per heavy atom. The van der Waals surface area contributed by atoms with Gasteiger partial charge in [-0.05, 0) is 18.1 Å². The summed E-state index contributed by atoms with van der Waals surface area (Å²) in [5, 5.41) is 18.4.